The summed E-state index contributed by atoms with van der Waals surface area (Å²) in [5, 5.41) is 0. The van der Waals surface area contributed by atoms with Gasteiger partial charge in [0.25, 0.3) is 0 Å². The standard InChI is InChI=1S/C17H23N2/c1-11(2)16-7-13(4)15(9-18-16)17-8-12(3)14(5)10-19(17)6/h7-11H,1-6H3/q+1. The fraction of sp³-hybridized carbons (Fsp3) is 0.412. The largest absolute Gasteiger partial charge is 0.260 e. The van der Waals surface area contributed by atoms with E-state index in [0.717, 1.165) is 5.69 Å². The topological polar surface area (TPSA) is 16.8 Å². The van der Waals surface area contributed by atoms with Crippen molar-refractivity contribution >= 4 is 0 Å². The molecule has 2 heterocycles. The SMILES string of the molecule is Cc1cc(-c2cnc(C(C)C)cc2C)[n+](C)cc1C. The molecular formula is C17H23N2+. The van der Waals surface area contributed by atoms with Crippen molar-refractivity contribution in [2.45, 2.75) is 40.5 Å². The molecule has 0 amide bonds. The second-order valence-electron chi connectivity index (χ2n) is 5.71. The molecule has 0 aliphatic heterocycles. The smallest absolute Gasteiger partial charge is 0.214 e. The number of pyridine rings is 2. The molecule has 2 aromatic rings. The zero-order chi connectivity index (χ0) is 14.2. The van der Waals surface area contributed by atoms with E-state index in [1.807, 2.05) is 6.20 Å². The Bertz CT molecular complexity index is 613. The minimum atomic E-state index is 0.473. The fourth-order valence-corrected chi connectivity index (χ4v) is 2.31. The van der Waals surface area contributed by atoms with Crippen molar-refractivity contribution in [2.24, 2.45) is 7.05 Å². The average molecular weight is 255 g/mol. The van der Waals surface area contributed by atoms with Crippen LogP contribution in [0.25, 0.3) is 11.3 Å². The van der Waals surface area contributed by atoms with Gasteiger partial charge in [-0.3, -0.25) is 4.98 Å². The molecule has 0 bridgehead atoms. The molecule has 2 aromatic heterocycles. The first-order valence-corrected chi connectivity index (χ1v) is 6.84. The second kappa shape index (κ2) is 5.12. The molecule has 0 saturated heterocycles. The van der Waals surface area contributed by atoms with Crippen LogP contribution in [0, 0.1) is 20.8 Å². The zero-order valence-corrected chi connectivity index (χ0v) is 12.8. The van der Waals surface area contributed by atoms with Crippen molar-refractivity contribution in [1.29, 1.82) is 0 Å². The zero-order valence-electron chi connectivity index (χ0n) is 12.8. The van der Waals surface area contributed by atoms with Crippen LogP contribution >= 0.6 is 0 Å². The molecule has 0 aromatic carbocycles. The van der Waals surface area contributed by atoms with E-state index < -0.39 is 0 Å². The van der Waals surface area contributed by atoms with Crippen LogP contribution in [0.5, 0.6) is 0 Å². The van der Waals surface area contributed by atoms with Crippen molar-refractivity contribution in [3.05, 3.63) is 46.9 Å². The van der Waals surface area contributed by atoms with Crippen molar-refractivity contribution in [1.82, 2.24) is 4.98 Å². The van der Waals surface area contributed by atoms with E-state index in [1.165, 1.54) is 27.9 Å². The Labute approximate surface area is 116 Å². The summed E-state index contributed by atoms with van der Waals surface area (Å²) < 4.78 is 2.18. The van der Waals surface area contributed by atoms with Gasteiger partial charge in [0.1, 0.15) is 7.05 Å². The van der Waals surface area contributed by atoms with Crippen molar-refractivity contribution < 1.29 is 4.57 Å². The highest BCUT2D eigenvalue weighted by Crippen LogP contribution is 2.23. The molecule has 0 aliphatic carbocycles. The van der Waals surface area contributed by atoms with Gasteiger partial charge in [-0.05, 0) is 43.9 Å². The van der Waals surface area contributed by atoms with E-state index in [9.17, 15) is 0 Å². The molecule has 0 fully saturated rings. The predicted molar refractivity (Wildman–Crippen MR) is 79.1 cm³/mol. The molecule has 0 atom stereocenters. The monoisotopic (exact) mass is 255 g/mol. The first-order valence-electron chi connectivity index (χ1n) is 6.84. The third-order valence-corrected chi connectivity index (χ3v) is 3.74. The summed E-state index contributed by atoms with van der Waals surface area (Å²) in [6.07, 6.45) is 4.19. The highest BCUT2D eigenvalue weighted by molar-refractivity contribution is 5.60. The maximum Gasteiger partial charge on any atom is 0.214 e. The third-order valence-electron chi connectivity index (χ3n) is 3.74. The molecule has 0 radical (unpaired) electrons. The van der Waals surface area contributed by atoms with Crippen LogP contribution in [0.15, 0.2) is 24.5 Å². The Morgan fingerprint density at radius 3 is 2.26 bits per heavy atom. The molecule has 2 heteroatoms. The second-order valence-corrected chi connectivity index (χ2v) is 5.71. The van der Waals surface area contributed by atoms with E-state index in [0.29, 0.717) is 5.92 Å². The average Bonchev–Trinajstić information content (AvgIpc) is 2.34. The van der Waals surface area contributed by atoms with Gasteiger partial charge in [0.05, 0.1) is 5.56 Å². The fourth-order valence-electron chi connectivity index (χ4n) is 2.31. The molecule has 2 nitrogen and oxygen atoms in total. The van der Waals surface area contributed by atoms with Gasteiger partial charge in [-0.15, -0.1) is 0 Å². The van der Waals surface area contributed by atoms with Crippen LogP contribution in [0.4, 0.5) is 0 Å². The summed E-state index contributed by atoms with van der Waals surface area (Å²) in [6.45, 7) is 10.8. The van der Waals surface area contributed by atoms with E-state index in [4.69, 9.17) is 0 Å². The number of hydrogen-bond acceptors (Lipinski definition) is 1. The van der Waals surface area contributed by atoms with Crippen LogP contribution in [-0.2, 0) is 7.05 Å². The maximum absolute atomic E-state index is 4.60. The number of nitrogens with zero attached hydrogens (tertiary/aromatic N) is 2. The van der Waals surface area contributed by atoms with E-state index in [-0.39, 0.29) is 0 Å². The van der Waals surface area contributed by atoms with Crippen LogP contribution < -0.4 is 4.57 Å². The summed E-state index contributed by atoms with van der Waals surface area (Å²) in [5.41, 5.74) is 7.53. The van der Waals surface area contributed by atoms with Gasteiger partial charge in [-0.2, -0.15) is 0 Å². The van der Waals surface area contributed by atoms with Crippen LogP contribution in [-0.4, -0.2) is 4.98 Å². The molecule has 0 aliphatic rings. The van der Waals surface area contributed by atoms with Crippen LogP contribution in [0.3, 0.4) is 0 Å². The highest BCUT2D eigenvalue weighted by atomic mass is 14.9. The highest BCUT2D eigenvalue weighted by Gasteiger charge is 2.15. The Morgan fingerprint density at radius 2 is 1.68 bits per heavy atom. The van der Waals surface area contributed by atoms with Crippen molar-refractivity contribution in [3.63, 3.8) is 0 Å². The lowest BCUT2D eigenvalue weighted by atomic mass is 10.0. The summed E-state index contributed by atoms with van der Waals surface area (Å²) in [4.78, 5) is 4.60. The van der Waals surface area contributed by atoms with E-state index in [1.54, 1.807) is 0 Å². The van der Waals surface area contributed by atoms with Gasteiger partial charge in [-0.25, -0.2) is 4.57 Å². The van der Waals surface area contributed by atoms with E-state index in [2.05, 4.69) is 69.5 Å². The van der Waals surface area contributed by atoms with Gasteiger partial charge in [0.15, 0.2) is 6.20 Å². The predicted octanol–water partition coefficient (Wildman–Crippen LogP) is 3.62. The minimum absolute atomic E-state index is 0.473. The number of aryl methyl sites for hydroxylation is 4. The molecule has 2 rings (SSSR count). The Hall–Kier alpha value is -1.70. The summed E-state index contributed by atoms with van der Waals surface area (Å²) in [7, 11) is 2.09. The Kier molecular flexibility index (Phi) is 3.70. The number of hydrogen-bond donors (Lipinski definition) is 0. The van der Waals surface area contributed by atoms with E-state index >= 15 is 0 Å². The van der Waals surface area contributed by atoms with Gasteiger partial charge >= 0.3 is 0 Å². The first kappa shape index (κ1) is 13.7. The van der Waals surface area contributed by atoms with Gasteiger partial charge in [0, 0.05) is 23.5 Å². The normalized spacial score (nSPS) is 11.1. The van der Waals surface area contributed by atoms with Gasteiger partial charge in [-0.1, -0.05) is 13.8 Å². The summed E-state index contributed by atoms with van der Waals surface area (Å²) in [6, 6.07) is 4.45. The molecule has 0 saturated carbocycles. The summed E-state index contributed by atoms with van der Waals surface area (Å²) in [5.74, 6) is 0.473. The molecule has 0 N–H and O–H groups in total. The minimum Gasteiger partial charge on any atom is -0.260 e. The van der Waals surface area contributed by atoms with Crippen LogP contribution in [0.1, 0.15) is 42.1 Å². The van der Waals surface area contributed by atoms with Crippen LogP contribution in [0.2, 0.25) is 0 Å². The van der Waals surface area contributed by atoms with Crippen molar-refractivity contribution in [2.75, 3.05) is 0 Å². The van der Waals surface area contributed by atoms with Gasteiger partial charge < -0.3 is 0 Å². The Morgan fingerprint density at radius 1 is 1.00 bits per heavy atom. The maximum atomic E-state index is 4.60. The molecule has 0 unspecified atom stereocenters. The molecular weight excluding hydrogens is 232 g/mol. The Balaban J connectivity index is 2.56. The van der Waals surface area contributed by atoms with Crippen molar-refractivity contribution in [3.8, 4) is 11.3 Å². The third kappa shape index (κ3) is 2.67. The lowest BCUT2D eigenvalue weighted by Gasteiger charge is -2.10. The molecule has 0 spiro atoms. The number of aromatic nitrogens is 2. The summed E-state index contributed by atoms with van der Waals surface area (Å²) >= 11 is 0. The first-order chi connectivity index (χ1) is 8.90. The lowest BCUT2D eigenvalue weighted by molar-refractivity contribution is -0.660. The quantitative estimate of drug-likeness (QED) is 0.749. The van der Waals surface area contributed by atoms with Gasteiger partial charge in [0.2, 0.25) is 5.69 Å². The lowest BCUT2D eigenvalue weighted by Crippen LogP contribution is -2.31. The molecule has 19 heavy (non-hydrogen) atoms. The molecule has 100 valence electrons. The number of rotatable bonds is 2.